The van der Waals surface area contributed by atoms with E-state index in [4.69, 9.17) is 0 Å². The van der Waals surface area contributed by atoms with Crippen LogP contribution in [0.2, 0.25) is 0 Å². The number of benzene rings is 1. The minimum Gasteiger partial charge on any atom is -0.316 e. The van der Waals surface area contributed by atoms with Gasteiger partial charge in [-0.1, -0.05) is 12.1 Å². The van der Waals surface area contributed by atoms with Crippen LogP contribution < -0.4 is 5.32 Å². The van der Waals surface area contributed by atoms with Crippen molar-refractivity contribution in [3.8, 4) is 0 Å². The molecule has 108 valence electrons. The summed E-state index contributed by atoms with van der Waals surface area (Å²) in [6, 6.07) is 6.97. The maximum absolute atomic E-state index is 12.7. The largest absolute Gasteiger partial charge is 0.425 e. The lowest BCUT2D eigenvalue weighted by atomic mass is 9.92. The molecule has 1 N–H and O–H groups in total. The number of hydrogen-bond acceptors (Lipinski definition) is 2. The lowest BCUT2D eigenvalue weighted by Crippen LogP contribution is -2.30. The molecule has 1 unspecified atom stereocenters. The number of alkyl halides is 3. The Hall–Kier alpha value is -1.07. The van der Waals surface area contributed by atoms with Crippen LogP contribution in [0, 0.1) is 5.92 Å². The summed E-state index contributed by atoms with van der Waals surface area (Å²) in [5, 5.41) is 4.08. The highest BCUT2D eigenvalue weighted by atomic mass is 32.1. The standard InChI is InChI=1S/C15H16F3NS/c16-15(17,18)14-8-12-7-10(3-4-13(12)20-14)6-11-2-1-5-19-9-11/h3-4,7-8,11,19H,1-2,5-6,9H2. The molecule has 0 spiro atoms. The van der Waals surface area contributed by atoms with Gasteiger partial charge in [-0.25, -0.2) is 0 Å². The van der Waals surface area contributed by atoms with Crippen LogP contribution in [-0.4, -0.2) is 13.1 Å². The molecule has 0 bridgehead atoms. The molecule has 0 saturated carbocycles. The van der Waals surface area contributed by atoms with Crippen molar-refractivity contribution >= 4 is 21.4 Å². The lowest BCUT2D eigenvalue weighted by molar-refractivity contribution is -0.134. The Labute approximate surface area is 119 Å². The molecule has 1 aromatic carbocycles. The highest BCUT2D eigenvalue weighted by molar-refractivity contribution is 7.19. The third-order valence-corrected chi connectivity index (χ3v) is 4.94. The van der Waals surface area contributed by atoms with E-state index in [1.165, 1.54) is 18.9 Å². The molecule has 0 amide bonds. The monoisotopic (exact) mass is 299 g/mol. The Kier molecular flexibility index (Phi) is 3.73. The van der Waals surface area contributed by atoms with Crippen LogP contribution >= 0.6 is 11.3 Å². The van der Waals surface area contributed by atoms with Gasteiger partial charge >= 0.3 is 6.18 Å². The summed E-state index contributed by atoms with van der Waals surface area (Å²) in [6.45, 7) is 2.09. The zero-order chi connectivity index (χ0) is 14.2. The second-order valence-electron chi connectivity index (χ2n) is 5.40. The van der Waals surface area contributed by atoms with Crippen LogP contribution in [0.3, 0.4) is 0 Å². The Morgan fingerprint density at radius 1 is 1.25 bits per heavy atom. The second-order valence-corrected chi connectivity index (χ2v) is 6.48. The van der Waals surface area contributed by atoms with E-state index in [1.54, 1.807) is 0 Å². The van der Waals surface area contributed by atoms with Crippen molar-refractivity contribution in [2.24, 2.45) is 5.92 Å². The molecule has 2 aromatic rings. The molecule has 0 aliphatic carbocycles. The summed E-state index contributed by atoms with van der Waals surface area (Å²) in [5.74, 6) is 0.599. The summed E-state index contributed by atoms with van der Waals surface area (Å²) in [7, 11) is 0. The Morgan fingerprint density at radius 2 is 2.10 bits per heavy atom. The molecule has 3 rings (SSSR count). The van der Waals surface area contributed by atoms with Crippen molar-refractivity contribution in [1.29, 1.82) is 0 Å². The topological polar surface area (TPSA) is 12.0 Å². The summed E-state index contributed by atoms with van der Waals surface area (Å²) in [6.07, 6.45) is -0.913. The number of thiophene rings is 1. The van der Waals surface area contributed by atoms with Gasteiger partial charge in [0.2, 0.25) is 0 Å². The summed E-state index contributed by atoms with van der Waals surface area (Å²) < 4.78 is 38.8. The average molecular weight is 299 g/mol. The first-order valence-electron chi connectivity index (χ1n) is 6.83. The molecule has 1 aliphatic rings. The molecule has 1 aliphatic heterocycles. The van der Waals surface area contributed by atoms with E-state index in [-0.39, 0.29) is 0 Å². The number of hydrogen-bond donors (Lipinski definition) is 1. The van der Waals surface area contributed by atoms with Crippen molar-refractivity contribution < 1.29 is 13.2 Å². The summed E-state index contributed by atoms with van der Waals surface area (Å²) >= 11 is 0.822. The molecular formula is C15H16F3NS. The number of halogens is 3. The predicted molar refractivity (Wildman–Crippen MR) is 76.1 cm³/mol. The van der Waals surface area contributed by atoms with Crippen molar-refractivity contribution in [2.75, 3.05) is 13.1 Å². The van der Waals surface area contributed by atoms with E-state index in [0.717, 1.165) is 36.4 Å². The average Bonchev–Trinajstić information content (AvgIpc) is 2.83. The van der Waals surface area contributed by atoms with Crippen molar-refractivity contribution in [1.82, 2.24) is 5.32 Å². The number of piperidine rings is 1. The fraction of sp³-hybridized carbons (Fsp3) is 0.467. The second kappa shape index (κ2) is 5.37. The van der Waals surface area contributed by atoms with Gasteiger partial charge in [0.15, 0.2) is 0 Å². The minimum absolute atomic E-state index is 0.510. The van der Waals surface area contributed by atoms with E-state index >= 15 is 0 Å². The van der Waals surface area contributed by atoms with E-state index < -0.39 is 11.1 Å². The quantitative estimate of drug-likeness (QED) is 0.863. The molecule has 2 heterocycles. The fourth-order valence-electron chi connectivity index (χ4n) is 2.79. The molecule has 1 nitrogen and oxygen atoms in total. The van der Waals surface area contributed by atoms with Gasteiger partial charge in [0, 0.05) is 4.70 Å². The fourth-order valence-corrected chi connectivity index (χ4v) is 3.70. The van der Waals surface area contributed by atoms with Crippen molar-refractivity contribution in [2.45, 2.75) is 25.4 Å². The van der Waals surface area contributed by atoms with Gasteiger partial charge in [-0.15, -0.1) is 11.3 Å². The molecule has 0 radical (unpaired) electrons. The Balaban J connectivity index is 1.82. The number of rotatable bonds is 2. The number of fused-ring (bicyclic) bond motifs is 1. The smallest absolute Gasteiger partial charge is 0.316 e. The van der Waals surface area contributed by atoms with Crippen LogP contribution in [0.25, 0.3) is 10.1 Å². The maximum Gasteiger partial charge on any atom is 0.425 e. The van der Waals surface area contributed by atoms with Crippen LogP contribution in [-0.2, 0) is 12.6 Å². The van der Waals surface area contributed by atoms with E-state index in [2.05, 4.69) is 5.32 Å². The Morgan fingerprint density at radius 3 is 2.80 bits per heavy atom. The lowest BCUT2D eigenvalue weighted by Gasteiger charge is -2.22. The van der Waals surface area contributed by atoms with Gasteiger partial charge in [-0.05, 0) is 61.4 Å². The zero-order valence-corrected chi connectivity index (χ0v) is 11.8. The van der Waals surface area contributed by atoms with Gasteiger partial charge in [0.1, 0.15) is 4.88 Å². The van der Waals surface area contributed by atoms with Gasteiger partial charge in [-0.2, -0.15) is 13.2 Å². The summed E-state index contributed by atoms with van der Waals surface area (Å²) in [4.78, 5) is -0.510. The van der Waals surface area contributed by atoms with Crippen LogP contribution in [0.4, 0.5) is 13.2 Å². The van der Waals surface area contributed by atoms with Crippen LogP contribution in [0.15, 0.2) is 24.3 Å². The molecule has 5 heteroatoms. The van der Waals surface area contributed by atoms with Gasteiger partial charge < -0.3 is 5.32 Å². The Bertz CT molecular complexity index is 597. The predicted octanol–water partition coefficient (Wildman–Crippen LogP) is 4.46. The van der Waals surface area contributed by atoms with Gasteiger partial charge in [0.25, 0.3) is 0 Å². The molecule has 1 saturated heterocycles. The van der Waals surface area contributed by atoms with Crippen LogP contribution in [0.5, 0.6) is 0 Å². The highest BCUT2D eigenvalue weighted by Gasteiger charge is 2.32. The van der Waals surface area contributed by atoms with E-state index in [0.29, 0.717) is 16.0 Å². The van der Waals surface area contributed by atoms with Crippen molar-refractivity contribution in [3.05, 3.63) is 34.7 Å². The highest BCUT2D eigenvalue weighted by Crippen LogP contribution is 2.38. The summed E-state index contributed by atoms with van der Waals surface area (Å²) in [5.41, 5.74) is 1.14. The number of nitrogens with one attached hydrogen (secondary N) is 1. The molecular weight excluding hydrogens is 283 g/mol. The first kappa shape index (κ1) is 13.9. The minimum atomic E-state index is -4.24. The van der Waals surface area contributed by atoms with E-state index in [9.17, 15) is 13.2 Å². The zero-order valence-electron chi connectivity index (χ0n) is 11.0. The molecule has 1 aromatic heterocycles. The SMILES string of the molecule is FC(F)(F)c1cc2cc(CC3CCCNC3)ccc2s1. The van der Waals surface area contributed by atoms with Gasteiger partial charge in [0.05, 0.1) is 0 Å². The van der Waals surface area contributed by atoms with Crippen molar-refractivity contribution in [3.63, 3.8) is 0 Å². The van der Waals surface area contributed by atoms with Gasteiger partial charge in [-0.3, -0.25) is 0 Å². The third kappa shape index (κ3) is 2.99. The molecule has 1 atom stereocenters. The first-order valence-corrected chi connectivity index (χ1v) is 7.64. The third-order valence-electron chi connectivity index (χ3n) is 3.78. The maximum atomic E-state index is 12.7. The first-order chi connectivity index (χ1) is 9.52. The molecule has 1 fully saturated rings. The van der Waals surface area contributed by atoms with Crippen LogP contribution in [0.1, 0.15) is 23.3 Å². The molecule has 20 heavy (non-hydrogen) atoms. The normalized spacial score (nSPS) is 20.4. The van der Waals surface area contributed by atoms with E-state index in [1.807, 2.05) is 18.2 Å².